The Morgan fingerprint density at radius 2 is 1.68 bits per heavy atom. The van der Waals surface area contributed by atoms with E-state index in [0.717, 1.165) is 25.7 Å². The highest BCUT2D eigenvalue weighted by molar-refractivity contribution is 7.80. The van der Waals surface area contributed by atoms with E-state index in [-0.39, 0.29) is 29.3 Å². The fourth-order valence-electron chi connectivity index (χ4n) is 2.42. The zero-order chi connectivity index (χ0) is 15.9. The van der Waals surface area contributed by atoms with Crippen molar-refractivity contribution in [2.75, 3.05) is 0 Å². The lowest BCUT2D eigenvalue weighted by Crippen LogP contribution is -2.41. The molecule has 0 radical (unpaired) electrons. The molecule has 1 saturated carbocycles. The predicted molar refractivity (Wildman–Crippen MR) is 85.4 cm³/mol. The van der Waals surface area contributed by atoms with Gasteiger partial charge >= 0.3 is 5.97 Å². The maximum Gasteiger partial charge on any atom is 0.338 e. The van der Waals surface area contributed by atoms with Crippen LogP contribution in [0.4, 0.5) is 0 Å². The van der Waals surface area contributed by atoms with Crippen LogP contribution in [-0.4, -0.2) is 29.3 Å². The number of benzene rings is 1. The average molecular weight is 321 g/mol. The number of esters is 1. The molecule has 1 fully saturated rings. The first-order chi connectivity index (χ1) is 10.6. The van der Waals surface area contributed by atoms with Gasteiger partial charge in [-0.15, -0.1) is 0 Å². The zero-order valence-corrected chi connectivity index (χ0v) is 13.2. The van der Waals surface area contributed by atoms with Crippen LogP contribution in [0.15, 0.2) is 30.3 Å². The van der Waals surface area contributed by atoms with Gasteiger partial charge in [-0.1, -0.05) is 18.2 Å². The van der Waals surface area contributed by atoms with Gasteiger partial charge in [0.05, 0.1) is 5.56 Å². The number of amides is 1. The molecular formula is C16H19NO4S. The van der Waals surface area contributed by atoms with Gasteiger partial charge in [0, 0.05) is 6.92 Å². The molecule has 1 aromatic rings. The molecule has 0 spiro atoms. The Kier molecular flexibility index (Phi) is 5.89. The maximum absolute atomic E-state index is 12.1. The van der Waals surface area contributed by atoms with Crippen LogP contribution in [-0.2, 0) is 14.3 Å². The monoisotopic (exact) mass is 321 g/mol. The van der Waals surface area contributed by atoms with Crippen molar-refractivity contribution in [3.8, 4) is 0 Å². The highest BCUT2D eigenvalue weighted by Crippen LogP contribution is 2.25. The lowest BCUT2D eigenvalue weighted by atomic mass is 9.94. The van der Waals surface area contributed by atoms with Gasteiger partial charge in [0.25, 0.3) is 5.17 Å². The summed E-state index contributed by atoms with van der Waals surface area (Å²) in [7, 11) is 0. The van der Waals surface area contributed by atoms with Crippen molar-refractivity contribution in [3.63, 3.8) is 0 Å². The van der Waals surface area contributed by atoms with Crippen molar-refractivity contribution in [2.45, 2.75) is 44.8 Å². The van der Waals surface area contributed by atoms with Crippen molar-refractivity contribution in [3.05, 3.63) is 35.9 Å². The summed E-state index contributed by atoms with van der Waals surface area (Å²) >= 11 is 4.98. The van der Waals surface area contributed by atoms with Crippen molar-refractivity contribution in [1.82, 2.24) is 5.32 Å². The van der Waals surface area contributed by atoms with Gasteiger partial charge in [-0.2, -0.15) is 0 Å². The van der Waals surface area contributed by atoms with Crippen LogP contribution in [0, 0.1) is 0 Å². The van der Waals surface area contributed by atoms with E-state index in [1.807, 2.05) is 6.07 Å². The van der Waals surface area contributed by atoms with E-state index in [9.17, 15) is 9.59 Å². The van der Waals surface area contributed by atoms with Crippen LogP contribution in [0.3, 0.4) is 0 Å². The molecule has 1 aliphatic rings. The molecule has 2 atom stereocenters. The molecule has 0 aliphatic heterocycles. The summed E-state index contributed by atoms with van der Waals surface area (Å²) in [6.07, 6.45) is 2.75. The van der Waals surface area contributed by atoms with Gasteiger partial charge < -0.3 is 9.47 Å². The number of carbonyl (C=O) groups excluding carboxylic acids is 2. The molecular weight excluding hydrogens is 302 g/mol. The molecule has 0 saturated heterocycles. The number of nitrogens with one attached hydrogen (secondary N) is 1. The summed E-state index contributed by atoms with van der Waals surface area (Å²) in [5.74, 6) is -0.648. The predicted octanol–water partition coefficient (Wildman–Crippen LogP) is 2.59. The number of hydrogen-bond acceptors (Lipinski definition) is 5. The Bertz CT molecular complexity index is 546. The standard InChI is InChI=1S/C16H19NO4S/c1-11(18)17-16(22)21-14-10-6-5-9-13(14)20-15(19)12-7-3-2-4-8-12/h2-4,7-8,13-14H,5-6,9-10H2,1H3,(H,17,18,22)/t13-,14-/m1/s1. The van der Waals surface area contributed by atoms with Gasteiger partial charge in [-0.25, -0.2) is 4.79 Å². The second-order valence-corrected chi connectivity index (χ2v) is 5.59. The number of hydrogen-bond donors (Lipinski definition) is 1. The minimum absolute atomic E-state index is 0.0279. The van der Waals surface area contributed by atoms with Crippen molar-refractivity contribution in [1.29, 1.82) is 0 Å². The number of rotatable bonds is 3. The third-order valence-electron chi connectivity index (χ3n) is 3.45. The second kappa shape index (κ2) is 7.89. The lowest BCUT2D eigenvalue weighted by Gasteiger charge is -2.31. The Hall–Kier alpha value is -1.95. The molecule has 0 bridgehead atoms. The fraction of sp³-hybridized carbons (Fsp3) is 0.438. The van der Waals surface area contributed by atoms with E-state index < -0.39 is 0 Å². The molecule has 2 rings (SSSR count). The van der Waals surface area contributed by atoms with Gasteiger partial charge in [-0.3, -0.25) is 10.1 Å². The van der Waals surface area contributed by atoms with Gasteiger partial charge in [-0.05, 0) is 50.0 Å². The molecule has 0 aromatic heterocycles. The van der Waals surface area contributed by atoms with Crippen LogP contribution in [0.5, 0.6) is 0 Å². The molecule has 1 amide bonds. The summed E-state index contributed by atoms with van der Waals surface area (Å²) in [6.45, 7) is 1.36. The quantitative estimate of drug-likeness (QED) is 0.685. The first-order valence-electron chi connectivity index (χ1n) is 7.30. The minimum atomic E-state index is -0.369. The highest BCUT2D eigenvalue weighted by atomic mass is 32.1. The van der Waals surface area contributed by atoms with E-state index in [2.05, 4.69) is 5.32 Å². The Balaban J connectivity index is 1.96. The average Bonchev–Trinajstić information content (AvgIpc) is 2.49. The maximum atomic E-state index is 12.1. The molecule has 1 aliphatic carbocycles. The summed E-state index contributed by atoms with van der Waals surface area (Å²) in [5.41, 5.74) is 0.510. The smallest absolute Gasteiger partial charge is 0.338 e. The van der Waals surface area contributed by atoms with Gasteiger partial charge in [0.1, 0.15) is 12.2 Å². The molecule has 22 heavy (non-hydrogen) atoms. The molecule has 1 aromatic carbocycles. The van der Waals surface area contributed by atoms with Gasteiger partial charge in [0.2, 0.25) is 5.91 Å². The van der Waals surface area contributed by atoms with Crippen molar-refractivity contribution < 1.29 is 19.1 Å². The topological polar surface area (TPSA) is 64.6 Å². The molecule has 1 N–H and O–H groups in total. The summed E-state index contributed by atoms with van der Waals surface area (Å²) in [4.78, 5) is 23.1. The molecule has 6 heteroatoms. The van der Waals surface area contributed by atoms with E-state index in [1.54, 1.807) is 24.3 Å². The van der Waals surface area contributed by atoms with E-state index in [0.29, 0.717) is 5.56 Å². The second-order valence-electron chi connectivity index (χ2n) is 5.22. The summed E-state index contributed by atoms with van der Waals surface area (Å²) < 4.78 is 11.1. The SMILES string of the molecule is CC(=O)NC(=S)O[C@@H]1CCCC[C@H]1OC(=O)c1ccccc1. The van der Waals surface area contributed by atoms with Crippen molar-refractivity contribution in [2.24, 2.45) is 0 Å². The Morgan fingerprint density at radius 3 is 2.27 bits per heavy atom. The van der Waals surface area contributed by atoms with Crippen LogP contribution in [0.1, 0.15) is 43.0 Å². The summed E-state index contributed by atoms with van der Waals surface area (Å²) in [5, 5.41) is 2.45. The molecule has 5 nitrogen and oxygen atoms in total. The largest absolute Gasteiger partial charge is 0.464 e. The Morgan fingerprint density at radius 1 is 1.09 bits per heavy atom. The van der Waals surface area contributed by atoms with E-state index in [1.165, 1.54) is 6.92 Å². The first-order valence-corrected chi connectivity index (χ1v) is 7.71. The van der Waals surface area contributed by atoms with Crippen LogP contribution >= 0.6 is 12.2 Å². The van der Waals surface area contributed by atoms with Crippen molar-refractivity contribution >= 4 is 29.3 Å². The molecule has 118 valence electrons. The lowest BCUT2D eigenvalue weighted by molar-refractivity contribution is -0.118. The third kappa shape index (κ3) is 4.80. The minimum Gasteiger partial charge on any atom is -0.464 e. The van der Waals surface area contributed by atoms with E-state index in [4.69, 9.17) is 21.7 Å². The van der Waals surface area contributed by atoms with Crippen LogP contribution < -0.4 is 5.32 Å². The molecule has 0 unspecified atom stereocenters. The number of thiocarbonyl (C=S) groups is 1. The van der Waals surface area contributed by atoms with Gasteiger partial charge in [0.15, 0.2) is 0 Å². The fourth-order valence-corrected chi connectivity index (χ4v) is 2.69. The summed E-state index contributed by atoms with van der Waals surface area (Å²) in [6, 6.07) is 8.84. The van der Waals surface area contributed by atoms with Crippen LogP contribution in [0.2, 0.25) is 0 Å². The normalized spacial score (nSPS) is 20.8. The third-order valence-corrected chi connectivity index (χ3v) is 3.64. The van der Waals surface area contributed by atoms with Crippen LogP contribution in [0.25, 0.3) is 0 Å². The highest BCUT2D eigenvalue weighted by Gasteiger charge is 2.31. The molecule has 0 heterocycles. The first kappa shape index (κ1) is 16.4. The number of carbonyl (C=O) groups is 2. The zero-order valence-electron chi connectivity index (χ0n) is 12.4. The van der Waals surface area contributed by atoms with E-state index >= 15 is 0 Å². The number of ether oxygens (including phenoxy) is 2. The Labute approximate surface area is 135 Å².